The first-order chi connectivity index (χ1) is 22.3. The number of nitrogens with one attached hydrogen (secondary N) is 2. The highest BCUT2D eigenvalue weighted by Crippen LogP contribution is 2.33. The Bertz CT molecular complexity index is 1620. The van der Waals surface area contributed by atoms with E-state index >= 15 is 0 Å². The topological polar surface area (TPSA) is 70.7 Å². The van der Waals surface area contributed by atoms with Gasteiger partial charge in [0, 0.05) is 36.8 Å². The van der Waals surface area contributed by atoms with E-state index < -0.39 is 17.2 Å². The average molecular weight is 640 g/mol. The highest BCUT2D eigenvalue weighted by atomic mass is 19.1. The molecule has 2 amide bonds. The number of likely N-dealkylation sites (tertiary alicyclic amines) is 1. The minimum Gasteiger partial charge on any atom is -0.444 e. The Kier molecular flexibility index (Phi) is 10.1. The molecule has 5 rings (SSSR count). The Morgan fingerprint density at radius 2 is 1.34 bits per heavy atom. The second-order valence-corrected chi connectivity index (χ2v) is 13.9. The molecular weight excluding hydrogens is 596 g/mol. The maximum absolute atomic E-state index is 13.8. The van der Waals surface area contributed by atoms with E-state index in [1.54, 1.807) is 36.4 Å². The number of halogens is 2. The number of rotatable bonds is 9. The van der Waals surface area contributed by atoms with Gasteiger partial charge in [-0.2, -0.15) is 0 Å². The van der Waals surface area contributed by atoms with Gasteiger partial charge in [0.05, 0.1) is 0 Å². The zero-order valence-corrected chi connectivity index (χ0v) is 27.6. The van der Waals surface area contributed by atoms with E-state index in [4.69, 9.17) is 4.74 Å². The van der Waals surface area contributed by atoms with Crippen LogP contribution in [0, 0.1) is 17.6 Å². The van der Waals surface area contributed by atoms with Crippen molar-refractivity contribution in [2.45, 2.75) is 64.8 Å². The van der Waals surface area contributed by atoms with Crippen molar-refractivity contribution in [1.82, 2.24) is 15.5 Å². The summed E-state index contributed by atoms with van der Waals surface area (Å²) < 4.78 is 33.0. The van der Waals surface area contributed by atoms with Crippen molar-refractivity contribution >= 4 is 12.0 Å². The monoisotopic (exact) mass is 639 g/mol. The number of hydrogen-bond acceptors (Lipinski definition) is 4. The minimum atomic E-state index is -0.605. The molecular formula is C39H43F2N3O3. The molecule has 6 nitrogen and oxygen atoms in total. The first-order valence-corrected chi connectivity index (χ1v) is 16.0. The van der Waals surface area contributed by atoms with Crippen LogP contribution in [0.5, 0.6) is 0 Å². The molecule has 47 heavy (non-hydrogen) atoms. The summed E-state index contributed by atoms with van der Waals surface area (Å²) in [5.41, 5.74) is 3.47. The molecule has 0 aromatic heterocycles. The molecule has 246 valence electrons. The molecule has 0 saturated carbocycles. The van der Waals surface area contributed by atoms with Gasteiger partial charge >= 0.3 is 6.09 Å². The number of benzene rings is 4. The molecule has 2 atom stereocenters. The molecule has 1 heterocycles. The van der Waals surface area contributed by atoms with Crippen LogP contribution in [0.15, 0.2) is 97.1 Å². The lowest BCUT2D eigenvalue weighted by Crippen LogP contribution is -2.51. The molecule has 1 saturated heterocycles. The fraction of sp³-hybridized carbons (Fsp3) is 0.333. The molecule has 1 fully saturated rings. The number of amides is 2. The van der Waals surface area contributed by atoms with E-state index in [2.05, 4.69) is 27.7 Å². The number of carbonyl (C=O) groups excluding carboxylic acids is 2. The third-order valence-corrected chi connectivity index (χ3v) is 8.65. The van der Waals surface area contributed by atoms with E-state index in [1.165, 1.54) is 29.8 Å². The van der Waals surface area contributed by atoms with Gasteiger partial charge in [0.1, 0.15) is 17.2 Å². The minimum absolute atomic E-state index is 0.0146. The predicted molar refractivity (Wildman–Crippen MR) is 182 cm³/mol. The van der Waals surface area contributed by atoms with Gasteiger partial charge < -0.3 is 15.4 Å². The molecule has 2 N–H and O–H groups in total. The van der Waals surface area contributed by atoms with Crippen LogP contribution in [0.4, 0.5) is 13.6 Å². The van der Waals surface area contributed by atoms with Crippen LogP contribution in [0.1, 0.15) is 57.0 Å². The zero-order valence-electron chi connectivity index (χ0n) is 27.6. The maximum atomic E-state index is 13.8. The summed E-state index contributed by atoms with van der Waals surface area (Å²) in [6, 6.07) is 28.0. The normalized spacial score (nSPS) is 16.9. The van der Waals surface area contributed by atoms with Gasteiger partial charge in [-0.15, -0.1) is 0 Å². The van der Waals surface area contributed by atoms with Crippen molar-refractivity contribution in [1.29, 1.82) is 0 Å². The molecule has 0 aliphatic carbocycles. The molecule has 4 aromatic rings. The van der Waals surface area contributed by atoms with Gasteiger partial charge in [-0.05, 0) is 117 Å². The molecule has 1 unspecified atom stereocenters. The lowest BCUT2D eigenvalue weighted by molar-refractivity contribution is 0.0437. The van der Waals surface area contributed by atoms with E-state index in [9.17, 15) is 18.4 Å². The lowest BCUT2D eigenvalue weighted by atomic mass is 9.85. The number of carbonyl (C=O) groups is 2. The fourth-order valence-electron chi connectivity index (χ4n) is 6.09. The van der Waals surface area contributed by atoms with Gasteiger partial charge in [0.15, 0.2) is 0 Å². The van der Waals surface area contributed by atoms with E-state index in [1.807, 2.05) is 58.9 Å². The van der Waals surface area contributed by atoms with Crippen molar-refractivity contribution in [2.75, 3.05) is 13.1 Å². The van der Waals surface area contributed by atoms with Gasteiger partial charge in [0.25, 0.3) is 5.91 Å². The molecule has 0 bridgehead atoms. The second kappa shape index (κ2) is 14.1. The average Bonchev–Trinajstić information content (AvgIpc) is 3.43. The SMILES string of the molecule is CC(C)(C)OC(=O)NC(C)(C)C1C[C@@H](CNC(=O)c2cc(-c3ccc(F)cc3)cc(-c3ccc(F)cc3)c2)N(Cc2ccccc2)C1. The Morgan fingerprint density at radius 1 is 0.787 bits per heavy atom. The zero-order chi connectivity index (χ0) is 33.8. The van der Waals surface area contributed by atoms with Crippen LogP contribution in [0.25, 0.3) is 22.3 Å². The van der Waals surface area contributed by atoms with Crippen molar-refractivity contribution in [2.24, 2.45) is 5.92 Å². The smallest absolute Gasteiger partial charge is 0.408 e. The molecule has 8 heteroatoms. The maximum Gasteiger partial charge on any atom is 0.408 e. The van der Waals surface area contributed by atoms with Crippen LogP contribution in [-0.4, -0.2) is 47.2 Å². The summed E-state index contributed by atoms with van der Waals surface area (Å²) in [5.74, 6) is -0.833. The summed E-state index contributed by atoms with van der Waals surface area (Å²) in [5, 5.41) is 6.24. The van der Waals surface area contributed by atoms with Crippen molar-refractivity contribution in [3.05, 3.63) is 120 Å². The largest absolute Gasteiger partial charge is 0.444 e. The third kappa shape index (κ3) is 9.04. The summed E-state index contributed by atoms with van der Waals surface area (Å²) in [6.45, 7) is 11.4. The van der Waals surface area contributed by atoms with E-state index in [-0.39, 0.29) is 29.5 Å². The molecule has 1 aliphatic rings. The Hall–Kier alpha value is -4.56. The van der Waals surface area contributed by atoms with Gasteiger partial charge in [0.2, 0.25) is 0 Å². The highest BCUT2D eigenvalue weighted by molar-refractivity contribution is 5.97. The number of hydrogen-bond donors (Lipinski definition) is 2. The third-order valence-electron chi connectivity index (χ3n) is 8.65. The molecule has 1 aliphatic heterocycles. The summed E-state index contributed by atoms with van der Waals surface area (Å²) in [6.07, 6.45) is 0.304. The number of alkyl carbamates (subject to hydrolysis) is 1. The van der Waals surface area contributed by atoms with Gasteiger partial charge in [-0.25, -0.2) is 13.6 Å². The first kappa shape index (κ1) is 33.8. The fourth-order valence-corrected chi connectivity index (χ4v) is 6.09. The van der Waals surface area contributed by atoms with Crippen LogP contribution >= 0.6 is 0 Å². The standard InChI is InChI=1S/C39H43F2N3O3/c1-38(2,3)47-37(46)43-39(4,5)32-22-35(44(25-32)24-26-9-7-6-8-10-26)23-42-36(45)31-20-29(27-11-15-33(40)16-12-27)19-30(21-31)28-13-17-34(41)18-14-28/h6-21,32,35H,22-25H2,1-5H3,(H,42,45)(H,43,46)/t32?,35-/m0/s1. The highest BCUT2D eigenvalue weighted by Gasteiger charge is 2.42. The summed E-state index contributed by atoms with van der Waals surface area (Å²) >= 11 is 0. The van der Waals surface area contributed by atoms with Crippen molar-refractivity contribution < 1.29 is 23.1 Å². The molecule has 0 radical (unpaired) electrons. The quantitative estimate of drug-likeness (QED) is 0.194. The van der Waals surface area contributed by atoms with Crippen LogP contribution in [0.3, 0.4) is 0 Å². The number of ether oxygens (including phenoxy) is 1. The van der Waals surface area contributed by atoms with Crippen molar-refractivity contribution in [3.8, 4) is 22.3 Å². The molecule has 0 spiro atoms. The van der Waals surface area contributed by atoms with Crippen LogP contribution < -0.4 is 10.6 Å². The summed E-state index contributed by atoms with van der Waals surface area (Å²) in [4.78, 5) is 28.8. The lowest BCUT2D eigenvalue weighted by Gasteiger charge is -2.33. The predicted octanol–water partition coefficient (Wildman–Crippen LogP) is 8.22. The second-order valence-electron chi connectivity index (χ2n) is 13.9. The van der Waals surface area contributed by atoms with E-state index in [0.29, 0.717) is 18.7 Å². The molecule has 4 aromatic carbocycles. The summed E-state index contributed by atoms with van der Waals surface area (Å²) in [7, 11) is 0. The van der Waals surface area contributed by atoms with E-state index in [0.717, 1.165) is 35.2 Å². The van der Waals surface area contributed by atoms with Crippen LogP contribution in [-0.2, 0) is 11.3 Å². The number of nitrogens with zero attached hydrogens (tertiary/aromatic N) is 1. The van der Waals surface area contributed by atoms with Crippen LogP contribution in [0.2, 0.25) is 0 Å². The Labute approximate surface area is 276 Å². The van der Waals surface area contributed by atoms with Gasteiger partial charge in [-0.3, -0.25) is 9.69 Å². The van der Waals surface area contributed by atoms with Gasteiger partial charge in [-0.1, -0.05) is 54.6 Å². The Morgan fingerprint density at radius 3 is 1.87 bits per heavy atom. The van der Waals surface area contributed by atoms with Crippen molar-refractivity contribution in [3.63, 3.8) is 0 Å². The first-order valence-electron chi connectivity index (χ1n) is 16.0. The Balaban J connectivity index is 1.37.